The maximum absolute atomic E-state index is 11.7. The molecule has 1 fully saturated rings. The fraction of sp³-hybridized carbons (Fsp3) is 0.500. The van der Waals surface area contributed by atoms with Gasteiger partial charge in [0.1, 0.15) is 5.75 Å². The van der Waals surface area contributed by atoms with E-state index >= 15 is 0 Å². The molecule has 2 rings (SSSR count). The van der Waals surface area contributed by atoms with Gasteiger partial charge in [-0.15, -0.1) is 0 Å². The average molecular weight is 268 g/mol. The number of hydrogen-bond donors (Lipinski definition) is 1. The largest absolute Gasteiger partial charge is 0.427 e. The van der Waals surface area contributed by atoms with Crippen LogP contribution in [0.25, 0.3) is 0 Å². The van der Waals surface area contributed by atoms with Crippen molar-refractivity contribution in [3.05, 3.63) is 29.3 Å². The summed E-state index contributed by atoms with van der Waals surface area (Å²) < 4.78 is 5.24. The number of nitrogens with one attached hydrogen (secondary N) is 1. The first-order chi connectivity index (χ1) is 8.74. The summed E-state index contributed by atoms with van der Waals surface area (Å²) in [5.41, 5.74) is 0. The second-order valence-corrected chi connectivity index (χ2v) is 5.12. The van der Waals surface area contributed by atoms with E-state index in [4.69, 9.17) is 16.3 Å². The van der Waals surface area contributed by atoms with Crippen molar-refractivity contribution in [2.45, 2.75) is 25.7 Å². The van der Waals surface area contributed by atoms with E-state index in [-0.39, 0.29) is 5.97 Å². The van der Waals surface area contributed by atoms with Crippen LogP contribution < -0.4 is 10.1 Å². The molecule has 1 atom stereocenters. The third kappa shape index (κ3) is 4.31. The van der Waals surface area contributed by atoms with Crippen LogP contribution in [0.1, 0.15) is 25.7 Å². The number of benzene rings is 1. The van der Waals surface area contributed by atoms with Gasteiger partial charge in [-0.25, -0.2) is 0 Å². The Bertz CT molecular complexity index is 385. The van der Waals surface area contributed by atoms with Gasteiger partial charge < -0.3 is 10.1 Å². The van der Waals surface area contributed by atoms with Crippen LogP contribution in [0.3, 0.4) is 0 Å². The molecule has 1 N–H and O–H groups in total. The molecule has 1 aromatic rings. The normalized spacial score (nSPS) is 19.5. The second-order valence-electron chi connectivity index (χ2n) is 4.68. The maximum atomic E-state index is 11.7. The van der Waals surface area contributed by atoms with Crippen LogP contribution in [-0.4, -0.2) is 19.1 Å². The molecule has 0 aliphatic carbocycles. The van der Waals surface area contributed by atoms with E-state index in [1.807, 2.05) is 0 Å². The van der Waals surface area contributed by atoms with Crippen molar-refractivity contribution < 1.29 is 9.53 Å². The average Bonchev–Trinajstić information content (AvgIpc) is 2.40. The Morgan fingerprint density at radius 2 is 2.17 bits per heavy atom. The van der Waals surface area contributed by atoms with Gasteiger partial charge in [0.2, 0.25) is 0 Å². The SMILES string of the molecule is O=C(CCC1CCCNC1)Oc1ccc(Cl)cc1. The molecule has 0 spiro atoms. The summed E-state index contributed by atoms with van der Waals surface area (Å²) in [5, 5.41) is 3.99. The number of hydrogen-bond acceptors (Lipinski definition) is 3. The van der Waals surface area contributed by atoms with Crippen molar-refractivity contribution in [2.24, 2.45) is 5.92 Å². The summed E-state index contributed by atoms with van der Waals surface area (Å²) in [7, 11) is 0. The van der Waals surface area contributed by atoms with Crippen LogP contribution in [0.2, 0.25) is 5.02 Å². The molecule has 1 aliphatic rings. The molecule has 4 heteroatoms. The standard InChI is InChI=1S/C14H18ClNO2/c15-12-4-6-13(7-5-12)18-14(17)8-3-11-2-1-9-16-10-11/h4-7,11,16H,1-3,8-10H2. The minimum absolute atomic E-state index is 0.164. The van der Waals surface area contributed by atoms with Gasteiger partial charge in [-0.1, -0.05) is 11.6 Å². The zero-order valence-corrected chi connectivity index (χ0v) is 11.1. The highest BCUT2D eigenvalue weighted by atomic mass is 35.5. The summed E-state index contributed by atoms with van der Waals surface area (Å²) >= 11 is 5.76. The lowest BCUT2D eigenvalue weighted by molar-refractivity contribution is -0.134. The maximum Gasteiger partial charge on any atom is 0.311 e. The van der Waals surface area contributed by atoms with E-state index in [1.54, 1.807) is 24.3 Å². The molecular formula is C14H18ClNO2. The van der Waals surface area contributed by atoms with Gasteiger partial charge in [0, 0.05) is 11.4 Å². The first-order valence-electron chi connectivity index (χ1n) is 6.41. The summed E-state index contributed by atoms with van der Waals surface area (Å²) in [6, 6.07) is 6.86. The highest BCUT2D eigenvalue weighted by molar-refractivity contribution is 6.30. The molecule has 0 radical (unpaired) electrons. The zero-order valence-electron chi connectivity index (χ0n) is 10.3. The topological polar surface area (TPSA) is 38.3 Å². The first-order valence-corrected chi connectivity index (χ1v) is 6.79. The summed E-state index contributed by atoms with van der Waals surface area (Å²) in [5.74, 6) is 1.01. The Morgan fingerprint density at radius 1 is 1.39 bits per heavy atom. The van der Waals surface area contributed by atoms with E-state index in [0.717, 1.165) is 19.5 Å². The van der Waals surface area contributed by atoms with Crippen molar-refractivity contribution in [1.29, 1.82) is 0 Å². The van der Waals surface area contributed by atoms with Crippen molar-refractivity contribution in [2.75, 3.05) is 13.1 Å². The predicted octanol–water partition coefficient (Wildman–Crippen LogP) is 3.03. The molecule has 1 aromatic carbocycles. The van der Waals surface area contributed by atoms with Crippen LogP contribution in [0, 0.1) is 5.92 Å². The zero-order chi connectivity index (χ0) is 12.8. The van der Waals surface area contributed by atoms with Crippen LogP contribution >= 0.6 is 11.6 Å². The van der Waals surface area contributed by atoms with Gasteiger partial charge in [-0.3, -0.25) is 4.79 Å². The number of halogens is 1. The molecule has 0 saturated carbocycles. The van der Waals surface area contributed by atoms with Crippen LogP contribution in [0.4, 0.5) is 0 Å². The lowest BCUT2D eigenvalue weighted by Crippen LogP contribution is -2.30. The molecular weight excluding hydrogens is 250 g/mol. The number of esters is 1. The number of piperidine rings is 1. The van der Waals surface area contributed by atoms with E-state index in [1.165, 1.54) is 12.8 Å². The van der Waals surface area contributed by atoms with Crippen LogP contribution in [0.15, 0.2) is 24.3 Å². The van der Waals surface area contributed by atoms with Gasteiger partial charge in [0.25, 0.3) is 0 Å². The van der Waals surface area contributed by atoms with Gasteiger partial charge in [0.15, 0.2) is 0 Å². The number of carbonyl (C=O) groups is 1. The van der Waals surface area contributed by atoms with Crippen molar-refractivity contribution in [3.8, 4) is 5.75 Å². The van der Waals surface area contributed by atoms with Crippen molar-refractivity contribution in [3.63, 3.8) is 0 Å². The third-order valence-electron chi connectivity index (χ3n) is 3.20. The second kappa shape index (κ2) is 6.76. The highest BCUT2D eigenvalue weighted by Gasteiger charge is 2.15. The van der Waals surface area contributed by atoms with Crippen molar-refractivity contribution in [1.82, 2.24) is 5.32 Å². The van der Waals surface area contributed by atoms with E-state index in [0.29, 0.717) is 23.1 Å². The Labute approximate surface area is 112 Å². The molecule has 1 heterocycles. The van der Waals surface area contributed by atoms with Crippen molar-refractivity contribution >= 4 is 17.6 Å². The smallest absolute Gasteiger partial charge is 0.311 e. The van der Waals surface area contributed by atoms with Gasteiger partial charge in [0.05, 0.1) is 0 Å². The molecule has 1 aliphatic heterocycles. The molecule has 0 amide bonds. The molecule has 1 saturated heterocycles. The third-order valence-corrected chi connectivity index (χ3v) is 3.45. The van der Waals surface area contributed by atoms with Gasteiger partial charge >= 0.3 is 5.97 Å². The van der Waals surface area contributed by atoms with Crippen LogP contribution in [0.5, 0.6) is 5.75 Å². The number of ether oxygens (including phenoxy) is 1. The predicted molar refractivity (Wildman–Crippen MR) is 71.9 cm³/mol. The molecule has 1 unspecified atom stereocenters. The Balaban J connectivity index is 1.73. The quantitative estimate of drug-likeness (QED) is 0.673. The Kier molecular flexibility index (Phi) is 5.02. The lowest BCUT2D eigenvalue weighted by Gasteiger charge is -2.22. The Hall–Kier alpha value is -1.06. The first kappa shape index (κ1) is 13.4. The Morgan fingerprint density at radius 3 is 2.83 bits per heavy atom. The number of rotatable bonds is 4. The summed E-state index contributed by atoms with van der Waals surface area (Å²) in [4.78, 5) is 11.7. The van der Waals surface area contributed by atoms with E-state index in [9.17, 15) is 4.79 Å². The van der Waals surface area contributed by atoms with Gasteiger partial charge in [-0.05, 0) is 62.5 Å². The monoisotopic (exact) mass is 267 g/mol. The molecule has 0 bridgehead atoms. The van der Waals surface area contributed by atoms with E-state index in [2.05, 4.69) is 5.32 Å². The molecule has 18 heavy (non-hydrogen) atoms. The molecule has 0 aromatic heterocycles. The lowest BCUT2D eigenvalue weighted by atomic mass is 9.95. The van der Waals surface area contributed by atoms with E-state index < -0.39 is 0 Å². The minimum atomic E-state index is -0.164. The fourth-order valence-electron chi connectivity index (χ4n) is 2.18. The highest BCUT2D eigenvalue weighted by Crippen LogP contribution is 2.18. The van der Waals surface area contributed by atoms with Gasteiger partial charge in [-0.2, -0.15) is 0 Å². The minimum Gasteiger partial charge on any atom is -0.427 e. The number of carbonyl (C=O) groups excluding carboxylic acids is 1. The molecule has 98 valence electrons. The molecule has 3 nitrogen and oxygen atoms in total. The fourth-order valence-corrected chi connectivity index (χ4v) is 2.30. The summed E-state index contributed by atoms with van der Waals surface area (Å²) in [6.45, 7) is 2.12. The van der Waals surface area contributed by atoms with Crippen LogP contribution in [-0.2, 0) is 4.79 Å². The summed E-state index contributed by atoms with van der Waals surface area (Å²) in [6.07, 6.45) is 3.80.